The van der Waals surface area contributed by atoms with Gasteiger partial charge in [-0.1, -0.05) is 0 Å². The summed E-state index contributed by atoms with van der Waals surface area (Å²) in [5.74, 6) is 0.765. The highest BCUT2D eigenvalue weighted by molar-refractivity contribution is 9.10. The van der Waals surface area contributed by atoms with Crippen LogP contribution in [0, 0.1) is 0 Å². The number of sulfone groups is 1. The normalized spacial score (nSPS) is 11.4. The van der Waals surface area contributed by atoms with E-state index in [1.54, 1.807) is 18.2 Å². The molecule has 0 aliphatic rings. The highest BCUT2D eigenvalue weighted by Gasteiger charge is 2.04. The molecule has 2 N–H and O–H groups in total. The number of hydrogen-bond acceptors (Lipinski definition) is 4. The van der Waals surface area contributed by atoms with Crippen LogP contribution >= 0.6 is 15.9 Å². The Morgan fingerprint density at radius 2 is 2.12 bits per heavy atom. The maximum atomic E-state index is 10.9. The van der Waals surface area contributed by atoms with Gasteiger partial charge in [-0.05, 0) is 34.5 Å². The Kier molecular flexibility index (Phi) is 4.61. The first-order valence-electron chi connectivity index (χ1n) is 4.74. The van der Waals surface area contributed by atoms with Crippen molar-refractivity contribution in [3.8, 4) is 5.75 Å². The Morgan fingerprint density at radius 1 is 1.44 bits per heavy atom. The van der Waals surface area contributed by atoms with Crippen LogP contribution in [0.2, 0.25) is 0 Å². The molecule has 0 radical (unpaired) electrons. The van der Waals surface area contributed by atoms with Gasteiger partial charge >= 0.3 is 0 Å². The van der Waals surface area contributed by atoms with Gasteiger partial charge in [-0.15, -0.1) is 0 Å². The van der Waals surface area contributed by atoms with Crippen molar-refractivity contribution in [3.05, 3.63) is 22.7 Å². The molecule has 0 saturated carbocycles. The number of nitrogens with two attached hydrogens (primary N) is 1. The van der Waals surface area contributed by atoms with Crippen LogP contribution in [0.1, 0.15) is 6.42 Å². The molecule has 0 spiro atoms. The van der Waals surface area contributed by atoms with E-state index in [1.807, 2.05) is 0 Å². The fourth-order valence-electron chi connectivity index (χ4n) is 1.13. The summed E-state index contributed by atoms with van der Waals surface area (Å²) in [6, 6.07) is 5.25. The van der Waals surface area contributed by atoms with Crippen molar-refractivity contribution >= 4 is 31.5 Å². The standard InChI is InChI=1S/C10H14BrNO3S/c1-16(13,14)6-2-5-15-10-7-8(12)3-4-9(10)11/h3-4,7H,2,5-6,12H2,1H3. The third-order valence-electron chi connectivity index (χ3n) is 1.87. The molecule has 0 aromatic heterocycles. The lowest BCUT2D eigenvalue weighted by molar-refractivity contribution is 0.316. The number of benzene rings is 1. The summed E-state index contributed by atoms with van der Waals surface area (Å²) in [5, 5.41) is 0. The molecule has 4 nitrogen and oxygen atoms in total. The first-order valence-corrected chi connectivity index (χ1v) is 7.59. The molecule has 0 aliphatic heterocycles. The summed E-state index contributed by atoms with van der Waals surface area (Å²) < 4.78 is 28.0. The molecule has 0 heterocycles. The van der Waals surface area contributed by atoms with E-state index in [2.05, 4.69) is 15.9 Å². The van der Waals surface area contributed by atoms with Crippen molar-refractivity contribution in [3.63, 3.8) is 0 Å². The molecule has 16 heavy (non-hydrogen) atoms. The van der Waals surface area contributed by atoms with Crippen molar-refractivity contribution in [2.45, 2.75) is 6.42 Å². The van der Waals surface area contributed by atoms with Crippen LogP contribution in [0.5, 0.6) is 5.75 Å². The zero-order valence-electron chi connectivity index (χ0n) is 8.94. The van der Waals surface area contributed by atoms with Crippen molar-refractivity contribution in [1.29, 1.82) is 0 Å². The van der Waals surface area contributed by atoms with Gasteiger partial charge in [-0.25, -0.2) is 8.42 Å². The Morgan fingerprint density at radius 3 is 2.75 bits per heavy atom. The van der Waals surface area contributed by atoms with E-state index in [1.165, 1.54) is 6.26 Å². The van der Waals surface area contributed by atoms with Crippen LogP contribution in [-0.4, -0.2) is 27.0 Å². The number of hydrogen-bond donors (Lipinski definition) is 1. The van der Waals surface area contributed by atoms with E-state index >= 15 is 0 Å². The molecule has 1 rings (SSSR count). The van der Waals surface area contributed by atoms with E-state index < -0.39 is 9.84 Å². The number of rotatable bonds is 5. The molecule has 1 aromatic rings. The summed E-state index contributed by atoms with van der Waals surface area (Å²) >= 11 is 3.32. The summed E-state index contributed by atoms with van der Waals surface area (Å²) in [6.07, 6.45) is 1.68. The highest BCUT2D eigenvalue weighted by Crippen LogP contribution is 2.26. The summed E-state index contributed by atoms with van der Waals surface area (Å²) in [4.78, 5) is 0. The van der Waals surface area contributed by atoms with Gasteiger partial charge in [0.2, 0.25) is 0 Å². The molecular weight excluding hydrogens is 294 g/mol. The van der Waals surface area contributed by atoms with Crippen LogP contribution < -0.4 is 10.5 Å². The van der Waals surface area contributed by atoms with Crippen LogP contribution in [0.4, 0.5) is 5.69 Å². The van der Waals surface area contributed by atoms with Gasteiger partial charge in [0, 0.05) is 18.0 Å². The minimum Gasteiger partial charge on any atom is -0.492 e. The van der Waals surface area contributed by atoms with Crippen molar-refractivity contribution < 1.29 is 13.2 Å². The van der Waals surface area contributed by atoms with Crippen molar-refractivity contribution in [1.82, 2.24) is 0 Å². The monoisotopic (exact) mass is 307 g/mol. The van der Waals surface area contributed by atoms with Gasteiger partial charge in [-0.2, -0.15) is 0 Å². The zero-order valence-corrected chi connectivity index (χ0v) is 11.3. The summed E-state index contributed by atoms with van der Waals surface area (Å²) in [6.45, 7) is 0.356. The first kappa shape index (κ1) is 13.3. The molecule has 0 fully saturated rings. The maximum absolute atomic E-state index is 10.9. The fourth-order valence-corrected chi connectivity index (χ4v) is 2.14. The fraction of sp³-hybridized carbons (Fsp3) is 0.400. The average molecular weight is 308 g/mol. The first-order chi connectivity index (χ1) is 7.38. The molecular formula is C10H14BrNO3S. The predicted octanol–water partition coefficient (Wildman–Crippen LogP) is 1.84. The molecule has 90 valence electrons. The molecule has 6 heteroatoms. The molecule has 0 unspecified atom stereocenters. The third kappa shape index (κ3) is 4.85. The van der Waals surface area contributed by atoms with Crippen LogP contribution in [0.25, 0.3) is 0 Å². The van der Waals surface area contributed by atoms with E-state index in [4.69, 9.17) is 10.5 Å². The second-order valence-electron chi connectivity index (χ2n) is 3.52. The highest BCUT2D eigenvalue weighted by atomic mass is 79.9. The summed E-state index contributed by atoms with van der Waals surface area (Å²) in [5.41, 5.74) is 6.22. The van der Waals surface area contributed by atoms with Crippen molar-refractivity contribution in [2.75, 3.05) is 24.3 Å². The van der Waals surface area contributed by atoms with Gasteiger partial charge in [0.25, 0.3) is 0 Å². The maximum Gasteiger partial charge on any atom is 0.147 e. The van der Waals surface area contributed by atoms with Crippen molar-refractivity contribution in [2.24, 2.45) is 0 Å². The quantitative estimate of drug-likeness (QED) is 0.666. The number of ether oxygens (including phenoxy) is 1. The van der Waals surface area contributed by atoms with Gasteiger partial charge in [0.05, 0.1) is 16.8 Å². The second kappa shape index (κ2) is 5.54. The molecule has 0 atom stereocenters. The Balaban J connectivity index is 2.46. The van der Waals surface area contributed by atoms with E-state index in [0.29, 0.717) is 24.5 Å². The van der Waals surface area contributed by atoms with E-state index in [-0.39, 0.29) is 5.75 Å². The average Bonchev–Trinajstić information content (AvgIpc) is 2.16. The van der Waals surface area contributed by atoms with Gasteiger partial charge in [-0.3, -0.25) is 0 Å². The topological polar surface area (TPSA) is 69.4 Å². The van der Waals surface area contributed by atoms with Crippen LogP contribution in [-0.2, 0) is 9.84 Å². The smallest absolute Gasteiger partial charge is 0.147 e. The lowest BCUT2D eigenvalue weighted by Gasteiger charge is -2.08. The Hall–Kier alpha value is -0.750. The molecule has 0 amide bonds. The van der Waals surface area contributed by atoms with E-state index in [9.17, 15) is 8.42 Å². The Bertz CT molecular complexity index is 459. The lowest BCUT2D eigenvalue weighted by Crippen LogP contribution is -2.08. The minimum atomic E-state index is -2.91. The zero-order chi connectivity index (χ0) is 12.2. The summed E-state index contributed by atoms with van der Waals surface area (Å²) in [7, 11) is -2.91. The predicted molar refractivity (Wildman–Crippen MR) is 68.4 cm³/mol. The third-order valence-corrected chi connectivity index (χ3v) is 3.56. The van der Waals surface area contributed by atoms with Gasteiger partial charge in [0.1, 0.15) is 15.6 Å². The SMILES string of the molecule is CS(=O)(=O)CCCOc1cc(N)ccc1Br. The minimum absolute atomic E-state index is 0.132. The number of anilines is 1. The molecule has 1 aromatic carbocycles. The van der Waals surface area contributed by atoms with Gasteiger partial charge < -0.3 is 10.5 Å². The van der Waals surface area contributed by atoms with Gasteiger partial charge in [0.15, 0.2) is 0 Å². The lowest BCUT2D eigenvalue weighted by atomic mass is 10.3. The van der Waals surface area contributed by atoms with Crippen LogP contribution in [0.15, 0.2) is 22.7 Å². The van der Waals surface area contributed by atoms with Crippen LogP contribution in [0.3, 0.4) is 0 Å². The van der Waals surface area contributed by atoms with E-state index in [0.717, 1.165) is 4.47 Å². The number of halogens is 1. The Labute approximate surface area is 104 Å². The molecule has 0 aliphatic carbocycles. The second-order valence-corrected chi connectivity index (χ2v) is 6.64. The molecule has 0 bridgehead atoms. The largest absolute Gasteiger partial charge is 0.492 e. The number of nitrogen functional groups attached to an aromatic ring is 1. The molecule has 0 saturated heterocycles.